The van der Waals surface area contributed by atoms with Crippen molar-refractivity contribution >= 4 is 13.0 Å². The van der Waals surface area contributed by atoms with Gasteiger partial charge >= 0.3 is 7.12 Å². The number of aromatic nitrogens is 3. The molecule has 0 aromatic carbocycles. The summed E-state index contributed by atoms with van der Waals surface area (Å²) in [7, 11) is -1.55. The van der Waals surface area contributed by atoms with Crippen molar-refractivity contribution in [3.8, 4) is 0 Å². The van der Waals surface area contributed by atoms with Crippen LogP contribution in [0.5, 0.6) is 0 Å². The molecule has 7 nitrogen and oxygen atoms in total. The zero-order valence-corrected chi connectivity index (χ0v) is 13.4. The van der Waals surface area contributed by atoms with Crippen molar-refractivity contribution in [2.24, 2.45) is 5.92 Å². The van der Waals surface area contributed by atoms with Crippen molar-refractivity contribution in [3.05, 3.63) is 11.9 Å². The van der Waals surface area contributed by atoms with Gasteiger partial charge in [-0.3, -0.25) is 4.79 Å². The molecular weight excluding hydrogens is 295 g/mol. The third kappa shape index (κ3) is 4.12. The van der Waals surface area contributed by atoms with Gasteiger partial charge in [-0.05, 0) is 25.2 Å². The van der Waals surface area contributed by atoms with Crippen molar-refractivity contribution in [1.82, 2.24) is 20.3 Å². The van der Waals surface area contributed by atoms with Crippen molar-refractivity contribution in [3.63, 3.8) is 0 Å². The highest BCUT2D eigenvalue weighted by molar-refractivity contribution is 6.43. The van der Waals surface area contributed by atoms with E-state index in [0.29, 0.717) is 18.4 Å². The van der Waals surface area contributed by atoms with Crippen LogP contribution < -0.4 is 5.32 Å². The first-order chi connectivity index (χ1) is 11.1. The molecule has 2 aliphatic rings. The highest BCUT2D eigenvalue weighted by Gasteiger charge is 2.31. The van der Waals surface area contributed by atoms with Crippen LogP contribution in [0.1, 0.15) is 74.3 Å². The minimum absolute atomic E-state index is 0.245. The average molecular weight is 320 g/mol. The standard InChI is InChI=1S/C15H25BN4O3/c21-15(17-14(16(22)23)9-11-5-4-6-11)13-10-20(19-18-13)12-7-2-1-3-8-12/h10-12,14,22-23H,1-9H2,(H,17,21)/t14-/m0/s1. The monoisotopic (exact) mass is 320 g/mol. The van der Waals surface area contributed by atoms with E-state index in [1.807, 2.05) is 0 Å². The van der Waals surface area contributed by atoms with Crippen molar-refractivity contribution < 1.29 is 14.8 Å². The molecule has 2 aliphatic carbocycles. The molecule has 126 valence electrons. The fourth-order valence-electron chi connectivity index (χ4n) is 3.49. The van der Waals surface area contributed by atoms with E-state index < -0.39 is 13.1 Å². The molecular formula is C15H25BN4O3. The Bertz CT molecular complexity index is 527. The molecule has 8 heteroatoms. The summed E-state index contributed by atoms with van der Waals surface area (Å²) in [6.45, 7) is 0. The quantitative estimate of drug-likeness (QED) is 0.681. The predicted molar refractivity (Wildman–Crippen MR) is 85.5 cm³/mol. The lowest BCUT2D eigenvalue weighted by atomic mass is 9.70. The van der Waals surface area contributed by atoms with E-state index in [4.69, 9.17) is 0 Å². The first-order valence-electron chi connectivity index (χ1n) is 8.72. The summed E-state index contributed by atoms with van der Waals surface area (Å²) in [6.07, 6.45) is 11.4. The zero-order valence-electron chi connectivity index (χ0n) is 13.4. The minimum Gasteiger partial charge on any atom is -0.426 e. The molecule has 1 heterocycles. The van der Waals surface area contributed by atoms with E-state index in [1.54, 1.807) is 10.9 Å². The van der Waals surface area contributed by atoms with E-state index in [1.165, 1.54) is 25.7 Å². The van der Waals surface area contributed by atoms with Gasteiger partial charge in [0.05, 0.1) is 18.2 Å². The second-order valence-corrected chi connectivity index (χ2v) is 6.90. The number of rotatable bonds is 6. The number of amides is 1. The molecule has 0 spiro atoms. The zero-order chi connectivity index (χ0) is 16.2. The molecule has 0 radical (unpaired) electrons. The molecule has 0 bridgehead atoms. The Balaban J connectivity index is 1.58. The number of hydrogen-bond donors (Lipinski definition) is 3. The van der Waals surface area contributed by atoms with Crippen molar-refractivity contribution in [2.75, 3.05) is 0 Å². The summed E-state index contributed by atoms with van der Waals surface area (Å²) in [5.41, 5.74) is 0.245. The largest absolute Gasteiger partial charge is 0.475 e. The predicted octanol–water partition coefficient (Wildman–Crippen LogP) is 1.08. The summed E-state index contributed by atoms with van der Waals surface area (Å²) in [5, 5.41) is 29.7. The minimum atomic E-state index is -1.55. The SMILES string of the molecule is O=C(N[C@@H](CC1CCC1)B(O)O)c1cn(C2CCCCC2)nn1. The van der Waals surface area contributed by atoms with Gasteiger partial charge in [-0.2, -0.15) is 0 Å². The van der Waals surface area contributed by atoms with Crippen LogP contribution in [0.2, 0.25) is 0 Å². The molecule has 2 saturated carbocycles. The molecule has 3 rings (SSSR count). The van der Waals surface area contributed by atoms with Crippen molar-refractivity contribution in [2.45, 2.75) is 69.8 Å². The summed E-state index contributed by atoms with van der Waals surface area (Å²) in [5.74, 6) is -0.558. The Morgan fingerprint density at radius 3 is 2.61 bits per heavy atom. The molecule has 1 amide bonds. The topological polar surface area (TPSA) is 100 Å². The van der Waals surface area contributed by atoms with E-state index in [2.05, 4.69) is 15.6 Å². The second-order valence-electron chi connectivity index (χ2n) is 6.90. The maximum Gasteiger partial charge on any atom is 0.475 e. The summed E-state index contributed by atoms with van der Waals surface area (Å²) in [6, 6.07) is 0.326. The lowest BCUT2D eigenvalue weighted by Gasteiger charge is -2.29. The van der Waals surface area contributed by atoms with Crippen LogP contribution in [0.4, 0.5) is 0 Å². The lowest BCUT2D eigenvalue weighted by Crippen LogP contribution is -2.48. The first kappa shape index (κ1) is 16.5. The smallest absolute Gasteiger partial charge is 0.426 e. The van der Waals surface area contributed by atoms with Gasteiger partial charge in [0.2, 0.25) is 0 Å². The Kier molecular flexibility index (Phi) is 5.32. The Hall–Kier alpha value is -1.41. The molecule has 23 heavy (non-hydrogen) atoms. The first-order valence-corrected chi connectivity index (χ1v) is 8.72. The van der Waals surface area contributed by atoms with Gasteiger partial charge in [0, 0.05) is 0 Å². The van der Waals surface area contributed by atoms with Gasteiger partial charge in [0.15, 0.2) is 5.69 Å². The lowest BCUT2D eigenvalue weighted by molar-refractivity contribution is 0.0928. The summed E-state index contributed by atoms with van der Waals surface area (Å²) in [4.78, 5) is 12.3. The van der Waals surface area contributed by atoms with Crippen LogP contribution in [0.15, 0.2) is 6.20 Å². The number of nitrogens with one attached hydrogen (secondary N) is 1. The van der Waals surface area contributed by atoms with Gasteiger partial charge in [0.1, 0.15) is 0 Å². The molecule has 1 aromatic rings. The van der Waals surface area contributed by atoms with Crippen LogP contribution in [-0.2, 0) is 0 Å². The molecule has 2 fully saturated rings. The number of hydrogen-bond acceptors (Lipinski definition) is 5. The van der Waals surface area contributed by atoms with Crippen LogP contribution >= 0.6 is 0 Å². The molecule has 1 atom stereocenters. The highest BCUT2D eigenvalue weighted by Crippen LogP contribution is 2.30. The van der Waals surface area contributed by atoms with Gasteiger partial charge in [-0.1, -0.05) is 43.7 Å². The second kappa shape index (κ2) is 7.44. The number of carbonyl (C=O) groups excluding carboxylic acids is 1. The van der Waals surface area contributed by atoms with Crippen LogP contribution in [0, 0.1) is 5.92 Å². The number of carbonyl (C=O) groups is 1. The van der Waals surface area contributed by atoms with Gasteiger partial charge in [-0.25, -0.2) is 4.68 Å². The third-order valence-corrected chi connectivity index (χ3v) is 5.18. The van der Waals surface area contributed by atoms with Gasteiger partial charge in [0.25, 0.3) is 5.91 Å². The molecule has 0 aliphatic heterocycles. The molecule has 0 saturated heterocycles. The molecule has 0 unspecified atom stereocenters. The molecule has 3 N–H and O–H groups in total. The van der Waals surface area contributed by atoms with E-state index in [0.717, 1.165) is 25.7 Å². The van der Waals surface area contributed by atoms with E-state index in [9.17, 15) is 14.8 Å². The van der Waals surface area contributed by atoms with Crippen LogP contribution in [-0.4, -0.2) is 44.0 Å². The van der Waals surface area contributed by atoms with E-state index in [-0.39, 0.29) is 11.6 Å². The number of nitrogens with zero attached hydrogens (tertiary/aromatic N) is 3. The van der Waals surface area contributed by atoms with Gasteiger partial charge < -0.3 is 15.4 Å². The maximum atomic E-state index is 12.3. The molecule has 1 aromatic heterocycles. The van der Waals surface area contributed by atoms with Crippen molar-refractivity contribution in [1.29, 1.82) is 0 Å². The fourth-order valence-corrected chi connectivity index (χ4v) is 3.49. The van der Waals surface area contributed by atoms with Gasteiger partial charge in [-0.15, -0.1) is 5.10 Å². The average Bonchev–Trinajstić information content (AvgIpc) is 3.00. The van der Waals surface area contributed by atoms with Crippen LogP contribution in [0.25, 0.3) is 0 Å². The fraction of sp³-hybridized carbons (Fsp3) is 0.800. The third-order valence-electron chi connectivity index (χ3n) is 5.18. The normalized spacial score (nSPS) is 20.8. The maximum absolute atomic E-state index is 12.3. The highest BCUT2D eigenvalue weighted by atomic mass is 16.4. The summed E-state index contributed by atoms with van der Waals surface area (Å²) < 4.78 is 1.78. The Morgan fingerprint density at radius 2 is 2.00 bits per heavy atom. The summed E-state index contributed by atoms with van der Waals surface area (Å²) >= 11 is 0. The van der Waals surface area contributed by atoms with Crippen LogP contribution in [0.3, 0.4) is 0 Å². The Morgan fingerprint density at radius 1 is 1.26 bits per heavy atom. The van der Waals surface area contributed by atoms with E-state index >= 15 is 0 Å². The Labute approximate surface area is 136 Å².